The Morgan fingerprint density at radius 3 is 2.44 bits per heavy atom. The molecule has 0 amide bonds. The van der Waals surface area contributed by atoms with Crippen LogP contribution in [0, 0.1) is 0 Å². The van der Waals surface area contributed by atoms with Gasteiger partial charge in [-0.15, -0.1) is 0 Å². The highest BCUT2D eigenvalue weighted by Gasteiger charge is 2.39. The minimum Gasteiger partial charge on any atom is -0.377 e. The molecule has 0 saturated carbocycles. The zero-order valence-corrected chi connectivity index (χ0v) is 8.94. The molecule has 3 N–H and O–H groups in total. The quantitative estimate of drug-likeness (QED) is 0.588. The van der Waals surface area contributed by atoms with Gasteiger partial charge in [0.05, 0.1) is 13.2 Å². The lowest BCUT2D eigenvalue weighted by Crippen LogP contribution is -2.60. The first-order chi connectivity index (χ1) is 7.84. The van der Waals surface area contributed by atoms with Crippen LogP contribution >= 0.6 is 0 Å². The summed E-state index contributed by atoms with van der Waals surface area (Å²) in [5.74, 6) is 5.61. The van der Waals surface area contributed by atoms with E-state index in [1.54, 1.807) is 0 Å². The topological polar surface area (TPSA) is 47.3 Å². The summed E-state index contributed by atoms with van der Waals surface area (Å²) in [5, 5.41) is 2.49. The van der Waals surface area contributed by atoms with Gasteiger partial charge in [0.2, 0.25) is 0 Å². The minimum absolute atomic E-state index is 0.190. The lowest BCUT2D eigenvalue weighted by Gasteiger charge is -2.41. The van der Waals surface area contributed by atoms with Crippen molar-refractivity contribution in [3.8, 4) is 0 Å². The fraction of sp³-hybridized carbons (Fsp3) is 0.231. The lowest BCUT2D eigenvalue weighted by molar-refractivity contribution is -0.0786. The molecule has 82 valence electrons. The SMILES string of the molecule is NNC1(c2ccc3ccccc3c2)COC1. The van der Waals surface area contributed by atoms with Crippen molar-refractivity contribution in [2.45, 2.75) is 5.54 Å². The zero-order chi connectivity index (χ0) is 11.0. The number of hydrogen-bond donors (Lipinski definition) is 2. The highest BCUT2D eigenvalue weighted by molar-refractivity contribution is 5.83. The Hall–Kier alpha value is -1.42. The summed E-state index contributed by atoms with van der Waals surface area (Å²) in [5.41, 5.74) is 3.87. The first-order valence-electron chi connectivity index (χ1n) is 5.39. The number of hydrazine groups is 1. The molecular formula is C13H14N2O. The number of hydrogen-bond acceptors (Lipinski definition) is 3. The number of nitrogens with one attached hydrogen (secondary N) is 1. The van der Waals surface area contributed by atoms with Gasteiger partial charge in [0.1, 0.15) is 5.54 Å². The molecule has 1 aliphatic heterocycles. The second-order valence-corrected chi connectivity index (χ2v) is 4.28. The molecule has 0 aromatic heterocycles. The molecular weight excluding hydrogens is 200 g/mol. The van der Waals surface area contributed by atoms with Crippen molar-refractivity contribution in [3.63, 3.8) is 0 Å². The van der Waals surface area contributed by atoms with Crippen LogP contribution in [0.25, 0.3) is 10.8 Å². The van der Waals surface area contributed by atoms with E-state index in [4.69, 9.17) is 10.6 Å². The summed E-state index contributed by atoms with van der Waals surface area (Å²) in [7, 11) is 0. The molecule has 3 nitrogen and oxygen atoms in total. The smallest absolute Gasteiger partial charge is 0.103 e. The molecule has 0 aliphatic carbocycles. The molecule has 0 bridgehead atoms. The molecule has 0 atom stereocenters. The molecule has 2 aromatic carbocycles. The maximum Gasteiger partial charge on any atom is 0.103 e. The van der Waals surface area contributed by atoms with Gasteiger partial charge < -0.3 is 4.74 Å². The Bertz CT molecular complexity index is 515. The Morgan fingerprint density at radius 1 is 1.06 bits per heavy atom. The molecule has 0 unspecified atom stereocenters. The minimum atomic E-state index is -0.190. The number of ether oxygens (including phenoxy) is 1. The van der Waals surface area contributed by atoms with Crippen LogP contribution in [0.1, 0.15) is 5.56 Å². The molecule has 3 heteroatoms. The second-order valence-electron chi connectivity index (χ2n) is 4.28. The van der Waals surface area contributed by atoms with E-state index < -0.39 is 0 Å². The van der Waals surface area contributed by atoms with Crippen LogP contribution in [0.2, 0.25) is 0 Å². The van der Waals surface area contributed by atoms with Gasteiger partial charge in [0.15, 0.2) is 0 Å². The third-order valence-electron chi connectivity index (χ3n) is 3.28. The van der Waals surface area contributed by atoms with Crippen molar-refractivity contribution in [3.05, 3.63) is 48.0 Å². The molecule has 0 radical (unpaired) electrons. The Morgan fingerprint density at radius 2 is 1.81 bits per heavy atom. The summed E-state index contributed by atoms with van der Waals surface area (Å²) in [6, 6.07) is 14.7. The molecule has 0 spiro atoms. The molecule has 1 heterocycles. The number of rotatable bonds is 2. The number of fused-ring (bicyclic) bond motifs is 1. The molecule has 1 aliphatic rings. The predicted octanol–water partition coefficient (Wildman–Crippen LogP) is 1.53. The highest BCUT2D eigenvalue weighted by Crippen LogP contribution is 2.30. The number of nitrogens with two attached hydrogens (primary N) is 1. The lowest BCUT2D eigenvalue weighted by atomic mass is 9.87. The van der Waals surface area contributed by atoms with Crippen molar-refractivity contribution < 1.29 is 4.74 Å². The monoisotopic (exact) mass is 214 g/mol. The van der Waals surface area contributed by atoms with Crippen LogP contribution in [-0.2, 0) is 10.3 Å². The van der Waals surface area contributed by atoms with Gasteiger partial charge >= 0.3 is 0 Å². The summed E-state index contributed by atoms with van der Waals surface area (Å²) < 4.78 is 5.25. The third kappa shape index (κ3) is 1.33. The maximum absolute atomic E-state index is 5.61. The summed E-state index contributed by atoms with van der Waals surface area (Å²) >= 11 is 0. The van der Waals surface area contributed by atoms with Crippen LogP contribution in [0.3, 0.4) is 0 Å². The first kappa shape index (κ1) is 9.78. The van der Waals surface area contributed by atoms with Crippen LogP contribution in [0.5, 0.6) is 0 Å². The van der Waals surface area contributed by atoms with Gasteiger partial charge in [0, 0.05) is 0 Å². The summed E-state index contributed by atoms with van der Waals surface area (Å²) in [4.78, 5) is 0. The van der Waals surface area contributed by atoms with E-state index in [0.717, 1.165) is 0 Å². The van der Waals surface area contributed by atoms with Crippen LogP contribution in [0.4, 0.5) is 0 Å². The highest BCUT2D eigenvalue weighted by atomic mass is 16.5. The van der Waals surface area contributed by atoms with Gasteiger partial charge in [-0.3, -0.25) is 5.84 Å². The van der Waals surface area contributed by atoms with E-state index in [1.807, 2.05) is 12.1 Å². The fourth-order valence-electron chi connectivity index (χ4n) is 2.13. The fourth-order valence-corrected chi connectivity index (χ4v) is 2.13. The van der Waals surface area contributed by atoms with Crippen molar-refractivity contribution in [1.29, 1.82) is 0 Å². The van der Waals surface area contributed by atoms with E-state index >= 15 is 0 Å². The van der Waals surface area contributed by atoms with Crippen LogP contribution < -0.4 is 11.3 Å². The van der Waals surface area contributed by atoms with Gasteiger partial charge in [0.25, 0.3) is 0 Å². The Labute approximate surface area is 94.2 Å². The van der Waals surface area contributed by atoms with Gasteiger partial charge in [-0.05, 0) is 22.4 Å². The van der Waals surface area contributed by atoms with E-state index in [0.29, 0.717) is 13.2 Å². The average Bonchev–Trinajstić information content (AvgIpc) is 2.28. The van der Waals surface area contributed by atoms with E-state index in [2.05, 4.69) is 35.8 Å². The Balaban J connectivity index is 2.11. The predicted molar refractivity (Wildman–Crippen MR) is 63.8 cm³/mol. The summed E-state index contributed by atoms with van der Waals surface area (Å²) in [6.07, 6.45) is 0. The summed E-state index contributed by atoms with van der Waals surface area (Å²) in [6.45, 7) is 1.28. The van der Waals surface area contributed by atoms with E-state index in [-0.39, 0.29) is 5.54 Å². The van der Waals surface area contributed by atoms with Crippen molar-refractivity contribution in [2.24, 2.45) is 5.84 Å². The van der Waals surface area contributed by atoms with Crippen molar-refractivity contribution in [1.82, 2.24) is 5.43 Å². The third-order valence-corrected chi connectivity index (χ3v) is 3.28. The van der Waals surface area contributed by atoms with Gasteiger partial charge in [-0.1, -0.05) is 36.4 Å². The number of benzene rings is 2. The van der Waals surface area contributed by atoms with Gasteiger partial charge in [-0.2, -0.15) is 0 Å². The molecule has 1 fully saturated rings. The van der Waals surface area contributed by atoms with Crippen molar-refractivity contribution in [2.75, 3.05) is 13.2 Å². The molecule has 16 heavy (non-hydrogen) atoms. The maximum atomic E-state index is 5.61. The Kier molecular flexibility index (Phi) is 2.17. The first-order valence-corrected chi connectivity index (χ1v) is 5.39. The molecule has 2 aromatic rings. The van der Waals surface area contributed by atoms with Crippen LogP contribution in [-0.4, -0.2) is 13.2 Å². The normalized spacial score (nSPS) is 18.3. The van der Waals surface area contributed by atoms with E-state index in [9.17, 15) is 0 Å². The van der Waals surface area contributed by atoms with E-state index in [1.165, 1.54) is 16.3 Å². The largest absolute Gasteiger partial charge is 0.377 e. The molecule has 3 rings (SSSR count). The van der Waals surface area contributed by atoms with Crippen LogP contribution in [0.15, 0.2) is 42.5 Å². The second kappa shape index (κ2) is 3.56. The standard InChI is InChI=1S/C13H14N2O/c14-15-13(8-16-9-13)12-6-5-10-3-1-2-4-11(10)7-12/h1-7,15H,8-9,14H2. The zero-order valence-electron chi connectivity index (χ0n) is 8.94. The van der Waals surface area contributed by atoms with Gasteiger partial charge in [-0.25, -0.2) is 5.43 Å². The molecule has 1 saturated heterocycles. The average molecular weight is 214 g/mol. The van der Waals surface area contributed by atoms with Crippen molar-refractivity contribution >= 4 is 10.8 Å².